The third-order valence-electron chi connectivity index (χ3n) is 3.08. The number of furan rings is 1. The van der Waals surface area contributed by atoms with Crippen molar-refractivity contribution in [3.8, 4) is 0 Å². The summed E-state index contributed by atoms with van der Waals surface area (Å²) in [5.41, 5.74) is 0.0996. The van der Waals surface area contributed by atoms with Gasteiger partial charge >= 0.3 is 5.97 Å². The van der Waals surface area contributed by atoms with Crippen LogP contribution < -0.4 is 0 Å². The predicted octanol–water partition coefficient (Wildman–Crippen LogP) is 1.32. The molecule has 3 rings (SSSR count). The van der Waals surface area contributed by atoms with Crippen LogP contribution in [-0.2, 0) is 16.6 Å². The first kappa shape index (κ1) is 13.4. The molecule has 0 atom stereocenters. The van der Waals surface area contributed by atoms with E-state index in [1.54, 1.807) is 6.07 Å². The van der Waals surface area contributed by atoms with E-state index in [9.17, 15) is 18.0 Å². The number of aromatic carboxylic acids is 1. The number of rotatable bonds is 3. The zero-order valence-corrected chi connectivity index (χ0v) is 11.3. The van der Waals surface area contributed by atoms with Gasteiger partial charge in [0.2, 0.25) is 5.76 Å². The van der Waals surface area contributed by atoms with Gasteiger partial charge in [0.05, 0.1) is 12.1 Å². The molecule has 21 heavy (non-hydrogen) atoms. The zero-order chi connectivity index (χ0) is 15.2. The maximum absolute atomic E-state index is 12.3. The highest BCUT2D eigenvalue weighted by Crippen LogP contribution is 2.31. The number of nitrogens with zero attached hydrogens (tertiary/aromatic N) is 1. The minimum Gasteiger partial charge on any atom is -0.475 e. The molecule has 0 spiro atoms. The molecule has 8 heteroatoms. The van der Waals surface area contributed by atoms with E-state index < -0.39 is 21.9 Å². The second kappa shape index (κ2) is 4.45. The van der Waals surface area contributed by atoms with Gasteiger partial charge in [-0.15, -0.1) is 0 Å². The summed E-state index contributed by atoms with van der Waals surface area (Å²) in [5, 5.41) is 8.76. The molecule has 1 aliphatic rings. The highest BCUT2D eigenvalue weighted by atomic mass is 32.2. The first-order valence-corrected chi connectivity index (χ1v) is 7.33. The van der Waals surface area contributed by atoms with Crippen LogP contribution in [0.15, 0.2) is 45.7 Å². The van der Waals surface area contributed by atoms with E-state index in [1.165, 1.54) is 30.3 Å². The SMILES string of the molecule is O=C(O)c1ccc(CN2C(=O)c3ccccc3S2(=O)=O)o1. The summed E-state index contributed by atoms with van der Waals surface area (Å²) < 4.78 is 30.2. The largest absolute Gasteiger partial charge is 0.475 e. The molecule has 1 aromatic heterocycles. The Morgan fingerprint density at radius 2 is 1.90 bits per heavy atom. The number of hydrogen-bond donors (Lipinski definition) is 1. The summed E-state index contributed by atoms with van der Waals surface area (Å²) in [6.07, 6.45) is 0. The summed E-state index contributed by atoms with van der Waals surface area (Å²) in [4.78, 5) is 22.8. The highest BCUT2D eigenvalue weighted by molar-refractivity contribution is 7.90. The molecule has 7 nitrogen and oxygen atoms in total. The van der Waals surface area contributed by atoms with Crippen molar-refractivity contribution in [3.63, 3.8) is 0 Å². The van der Waals surface area contributed by atoms with Gasteiger partial charge in [-0.25, -0.2) is 17.5 Å². The van der Waals surface area contributed by atoms with E-state index in [1.807, 2.05) is 0 Å². The third-order valence-corrected chi connectivity index (χ3v) is 4.87. The number of hydrogen-bond acceptors (Lipinski definition) is 5. The Kier molecular flexibility index (Phi) is 2.84. The molecule has 108 valence electrons. The Labute approximate surface area is 119 Å². The maximum Gasteiger partial charge on any atom is 0.371 e. The monoisotopic (exact) mass is 307 g/mol. The van der Waals surface area contributed by atoms with Crippen LogP contribution in [0.1, 0.15) is 26.7 Å². The molecule has 0 saturated carbocycles. The van der Waals surface area contributed by atoms with Gasteiger partial charge < -0.3 is 9.52 Å². The van der Waals surface area contributed by atoms with Crippen LogP contribution in [0.4, 0.5) is 0 Å². The van der Waals surface area contributed by atoms with Gasteiger partial charge in [0.1, 0.15) is 10.7 Å². The quantitative estimate of drug-likeness (QED) is 0.917. The van der Waals surface area contributed by atoms with Crippen molar-refractivity contribution in [2.45, 2.75) is 11.4 Å². The smallest absolute Gasteiger partial charge is 0.371 e. The van der Waals surface area contributed by atoms with Crippen molar-refractivity contribution in [1.29, 1.82) is 0 Å². The van der Waals surface area contributed by atoms with Gasteiger partial charge in [0, 0.05) is 0 Å². The number of sulfonamides is 1. The van der Waals surface area contributed by atoms with Crippen molar-refractivity contribution in [1.82, 2.24) is 4.31 Å². The van der Waals surface area contributed by atoms with Crippen LogP contribution >= 0.6 is 0 Å². The van der Waals surface area contributed by atoms with E-state index in [0.717, 1.165) is 0 Å². The van der Waals surface area contributed by atoms with E-state index >= 15 is 0 Å². The molecule has 0 unspecified atom stereocenters. The Morgan fingerprint density at radius 3 is 2.52 bits per heavy atom. The van der Waals surface area contributed by atoms with E-state index in [2.05, 4.69) is 0 Å². The Bertz CT molecular complexity index is 851. The molecule has 0 bridgehead atoms. The van der Waals surface area contributed by atoms with Gasteiger partial charge in [-0.3, -0.25) is 4.79 Å². The number of carbonyl (C=O) groups excluding carboxylic acids is 1. The molecule has 2 heterocycles. The third kappa shape index (κ3) is 2.00. The van der Waals surface area contributed by atoms with Crippen molar-refractivity contribution in [2.24, 2.45) is 0 Å². The summed E-state index contributed by atoms with van der Waals surface area (Å²) in [5.74, 6) is -2.15. The number of fused-ring (bicyclic) bond motifs is 1. The second-order valence-electron chi connectivity index (χ2n) is 4.38. The fourth-order valence-electron chi connectivity index (χ4n) is 2.11. The maximum atomic E-state index is 12.3. The van der Waals surface area contributed by atoms with Crippen LogP contribution in [0.25, 0.3) is 0 Å². The summed E-state index contributed by atoms with van der Waals surface area (Å²) >= 11 is 0. The molecule has 0 radical (unpaired) electrons. The van der Waals surface area contributed by atoms with Crippen molar-refractivity contribution in [3.05, 3.63) is 53.5 Å². The standard InChI is InChI=1S/C13H9NO6S/c15-12-9-3-1-2-4-11(9)21(18,19)14(12)7-8-5-6-10(20-8)13(16)17/h1-6H,7H2,(H,16,17). The normalized spacial score (nSPS) is 16.0. The van der Waals surface area contributed by atoms with Gasteiger partial charge in [-0.1, -0.05) is 12.1 Å². The number of carboxylic acids is 1. The topological polar surface area (TPSA) is 105 Å². The summed E-state index contributed by atoms with van der Waals surface area (Å²) in [6.45, 7) is -0.344. The lowest BCUT2D eigenvalue weighted by Gasteiger charge is -2.12. The first-order chi connectivity index (χ1) is 9.91. The fraction of sp³-hybridized carbons (Fsp3) is 0.0769. The Balaban J connectivity index is 1.97. The van der Waals surface area contributed by atoms with Gasteiger partial charge in [-0.05, 0) is 24.3 Å². The van der Waals surface area contributed by atoms with Gasteiger partial charge in [0.25, 0.3) is 15.9 Å². The molecule has 0 aliphatic carbocycles. The lowest BCUT2D eigenvalue weighted by molar-refractivity contribution is 0.0659. The van der Waals surface area contributed by atoms with Crippen molar-refractivity contribution >= 4 is 21.9 Å². The van der Waals surface area contributed by atoms with Crippen LogP contribution in [0.5, 0.6) is 0 Å². The average molecular weight is 307 g/mol. The van der Waals surface area contributed by atoms with Gasteiger partial charge in [0.15, 0.2) is 0 Å². The number of carbonyl (C=O) groups is 2. The molecule has 1 aromatic carbocycles. The van der Waals surface area contributed by atoms with Crippen molar-refractivity contribution in [2.75, 3.05) is 0 Å². The van der Waals surface area contributed by atoms with E-state index in [4.69, 9.17) is 9.52 Å². The van der Waals surface area contributed by atoms with Crippen molar-refractivity contribution < 1.29 is 27.5 Å². The molecule has 1 aliphatic heterocycles. The van der Waals surface area contributed by atoms with Gasteiger partial charge in [-0.2, -0.15) is 0 Å². The highest BCUT2D eigenvalue weighted by Gasteiger charge is 2.41. The molecule has 0 saturated heterocycles. The minimum absolute atomic E-state index is 0.0555. The van der Waals surface area contributed by atoms with Crippen LogP contribution in [0.3, 0.4) is 0 Å². The molecule has 1 N–H and O–H groups in total. The molecular weight excluding hydrogens is 298 g/mol. The van der Waals surface area contributed by atoms with Crippen LogP contribution in [0, 0.1) is 0 Å². The van der Waals surface area contributed by atoms with E-state index in [0.29, 0.717) is 4.31 Å². The van der Waals surface area contributed by atoms with E-state index in [-0.39, 0.29) is 28.5 Å². The summed E-state index contributed by atoms with van der Waals surface area (Å²) in [7, 11) is -3.93. The molecule has 0 fully saturated rings. The first-order valence-electron chi connectivity index (χ1n) is 5.89. The lowest BCUT2D eigenvalue weighted by atomic mass is 10.2. The number of benzene rings is 1. The zero-order valence-electron chi connectivity index (χ0n) is 10.5. The molecular formula is C13H9NO6S. The van der Waals surface area contributed by atoms with Crippen LogP contribution in [0.2, 0.25) is 0 Å². The predicted molar refractivity (Wildman–Crippen MR) is 69.2 cm³/mol. The lowest BCUT2D eigenvalue weighted by Crippen LogP contribution is -2.29. The number of carboxylic acid groups (broad SMARTS) is 1. The minimum atomic E-state index is -3.93. The Morgan fingerprint density at radius 1 is 1.19 bits per heavy atom. The number of amides is 1. The fourth-order valence-corrected chi connectivity index (χ4v) is 3.64. The molecule has 1 amide bonds. The second-order valence-corrected chi connectivity index (χ2v) is 6.21. The summed E-state index contributed by atoms with van der Waals surface area (Å²) in [6, 6.07) is 8.42. The molecule has 2 aromatic rings. The average Bonchev–Trinajstić information content (AvgIpc) is 2.98. The Hall–Kier alpha value is -2.61. The van der Waals surface area contributed by atoms with Crippen LogP contribution in [-0.4, -0.2) is 29.7 Å².